The maximum atomic E-state index is 12.5. The van der Waals surface area contributed by atoms with Crippen LogP contribution in [0.1, 0.15) is 36.6 Å². The summed E-state index contributed by atoms with van der Waals surface area (Å²) < 4.78 is 29.0. The molecule has 1 heterocycles. The van der Waals surface area contributed by atoms with Crippen LogP contribution in [0.3, 0.4) is 0 Å². The average molecular weight is 799 g/mol. The van der Waals surface area contributed by atoms with E-state index in [0.717, 1.165) is 9.13 Å². The first-order valence-electron chi connectivity index (χ1n) is 14.2. The number of nitrogens with one attached hydrogen (secondary N) is 3. The van der Waals surface area contributed by atoms with Crippen LogP contribution in [0.25, 0.3) is 0 Å². The van der Waals surface area contributed by atoms with E-state index in [0.29, 0.717) is 56.5 Å². The molecule has 0 saturated heterocycles. The molecular weight excluding hydrogens is 766 g/mol. The number of aliphatic hydroxyl groups excluding tert-OH is 1. The second kappa shape index (κ2) is 16.8. The quantitative estimate of drug-likeness (QED) is 0.0530. The van der Waals surface area contributed by atoms with Crippen molar-refractivity contribution in [3.8, 4) is 23.0 Å². The van der Waals surface area contributed by atoms with Gasteiger partial charge in [-0.1, -0.05) is 35.3 Å². The number of hydrogen-bond acceptors (Lipinski definition) is 10. The van der Waals surface area contributed by atoms with Gasteiger partial charge in [0.05, 0.1) is 48.7 Å². The summed E-state index contributed by atoms with van der Waals surface area (Å²) in [5, 5.41) is 21.0. The number of allylic oxidation sites excluding steroid dienone is 1. The van der Waals surface area contributed by atoms with Crippen molar-refractivity contribution < 1.29 is 38.4 Å². The Bertz CT molecular complexity index is 1690. The Morgan fingerprint density at radius 3 is 2.55 bits per heavy atom. The zero-order chi connectivity index (χ0) is 34.1. The summed E-state index contributed by atoms with van der Waals surface area (Å²) in [6.07, 6.45) is 0.297. The van der Waals surface area contributed by atoms with Gasteiger partial charge < -0.3 is 39.4 Å². The van der Waals surface area contributed by atoms with Crippen LogP contribution in [-0.2, 0) is 16.1 Å². The number of ether oxygens (including phenoxy) is 5. The highest BCUT2D eigenvalue weighted by Gasteiger charge is 2.32. The number of carbonyl (C=O) groups is 2. The van der Waals surface area contributed by atoms with E-state index < -0.39 is 24.3 Å². The number of methoxy groups -OCH3 is 2. The van der Waals surface area contributed by atoms with E-state index in [2.05, 4.69) is 43.8 Å². The predicted molar refractivity (Wildman–Crippen MR) is 185 cm³/mol. The van der Waals surface area contributed by atoms with Crippen LogP contribution in [0.5, 0.6) is 23.0 Å². The Balaban J connectivity index is 1.44. The van der Waals surface area contributed by atoms with E-state index in [1.165, 1.54) is 13.3 Å². The molecule has 0 spiro atoms. The minimum absolute atomic E-state index is 0.191. The zero-order valence-corrected chi connectivity index (χ0v) is 29.5. The number of amides is 2. The lowest BCUT2D eigenvalue weighted by molar-refractivity contribution is -0.136. The van der Waals surface area contributed by atoms with Crippen molar-refractivity contribution in [2.24, 2.45) is 5.10 Å². The number of benzene rings is 3. The Morgan fingerprint density at radius 1 is 1.06 bits per heavy atom. The number of halogens is 3. The first-order valence-corrected chi connectivity index (χ1v) is 16.0. The molecule has 250 valence electrons. The number of esters is 1. The number of nitrogens with zero attached hydrogens (tertiary/aromatic N) is 1. The van der Waals surface area contributed by atoms with Crippen LogP contribution in [-0.4, -0.2) is 57.0 Å². The predicted octanol–water partition coefficient (Wildman–Crippen LogP) is 5.71. The van der Waals surface area contributed by atoms with Gasteiger partial charge in [-0.05, 0) is 84.0 Å². The molecule has 0 bridgehead atoms. The fourth-order valence-electron chi connectivity index (χ4n) is 4.59. The van der Waals surface area contributed by atoms with Gasteiger partial charge in [-0.2, -0.15) is 5.10 Å². The van der Waals surface area contributed by atoms with Crippen molar-refractivity contribution in [2.45, 2.75) is 32.7 Å². The molecule has 4 rings (SSSR count). The van der Waals surface area contributed by atoms with Crippen molar-refractivity contribution in [1.29, 1.82) is 0 Å². The second-order valence-electron chi connectivity index (χ2n) is 9.98. The molecular formula is C32H33Cl2IN4O8. The maximum Gasteiger partial charge on any atom is 0.337 e. The molecule has 3 aromatic rings. The first kappa shape index (κ1) is 35.9. The average Bonchev–Trinajstić information content (AvgIpc) is 3.04. The molecule has 2 amide bonds. The second-order valence-corrected chi connectivity index (χ2v) is 12.0. The molecule has 0 aliphatic carbocycles. The fraction of sp³-hybridized carbons (Fsp3) is 0.281. The molecule has 0 aromatic heterocycles. The molecule has 0 saturated carbocycles. The van der Waals surface area contributed by atoms with Crippen molar-refractivity contribution in [1.82, 2.24) is 16.1 Å². The fourth-order valence-corrected chi connectivity index (χ4v) is 5.53. The number of aliphatic hydroxyl groups is 1. The van der Waals surface area contributed by atoms with E-state index in [1.54, 1.807) is 51.3 Å². The highest BCUT2D eigenvalue weighted by atomic mass is 127. The molecule has 2 atom stereocenters. The van der Waals surface area contributed by atoms with Gasteiger partial charge in [0.25, 0.3) is 0 Å². The van der Waals surface area contributed by atoms with Crippen LogP contribution < -0.4 is 35.0 Å². The lowest BCUT2D eigenvalue weighted by Gasteiger charge is -2.28. The van der Waals surface area contributed by atoms with Crippen molar-refractivity contribution in [3.63, 3.8) is 0 Å². The first-order chi connectivity index (χ1) is 22.5. The normalized spacial score (nSPS) is 15.1. The van der Waals surface area contributed by atoms with Gasteiger partial charge >= 0.3 is 12.0 Å². The standard InChI is InChI=1S/C32H33Cl2IN4O8/c1-5-45-25-12-19(29-28(31(41)44-4)17(2)37-32(42)38-29)7-9-24(25)46-16-27(40)39-36-14-20-11-21(35)13-26(43-3)30(20)47-15-18-6-8-22(33)23(34)10-18/h6-14,27,29,39-40H,5,15-16H2,1-4H3,(H2,37,38,42)/b36-14+/t27-,29+/m0/s1. The third-order valence-electron chi connectivity index (χ3n) is 6.73. The Labute approximate surface area is 295 Å². The van der Waals surface area contributed by atoms with Gasteiger partial charge in [-0.3, -0.25) is 5.43 Å². The van der Waals surface area contributed by atoms with Crippen LogP contribution in [0.2, 0.25) is 10.0 Å². The zero-order valence-electron chi connectivity index (χ0n) is 25.9. The number of rotatable bonds is 14. The number of hydrogen-bond donors (Lipinski definition) is 4. The molecule has 4 N–H and O–H groups in total. The summed E-state index contributed by atoms with van der Waals surface area (Å²) in [6.45, 7) is 3.75. The number of hydrazone groups is 1. The molecule has 12 nitrogen and oxygen atoms in total. The van der Waals surface area contributed by atoms with Gasteiger partial charge in [-0.15, -0.1) is 0 Å². The summed E-state index contributed by atoms with van der Waals surface area (Å²) >= 11 is 14.3. The summed E-state index contributed by atoms with van der Waals surface area (Å²) in [5.41, 5.74) is 5.26. The van der Waals surface area contributed by atoms with E-state index in [4.69, 9.17) is 46.9 Å². The van der Waals surface area contributed by atoms with Crippen molar-refractivity contribution >= 4 is 64.0 Å². The Hall–Kier alpha value is -3.92. The van der Waals surface area contributed by atoms with Gasteiger partial charge in [0, 0.05) is 14.8 Å². The smallest absolute Gasteiger partial charge is 0.337 e. The topological polar surface area (TPSA) is 149 Å². The van der Waals surface area contributed by atoms with Gasteiger partial charge in [0.15, 0.2) is 29.2 Å². The minimum Gasteiger partial charge on any atom is -0.493 e. The van der Waals surface area contributed by atoms with E-state index in [1.807, 2.05) is 18.2 Å². The summed E-state index contributed by atoms with van der Waals surface area (Å²) in [6, 6.07) is 12.7. The Morgan fingerprint density at radius 2 is 1.85 bits per heavy atom. The SMILES string of the molecule is CCOc1cc([C@H]2NC(=O)NC(C)=C2C(=O)OC)ccc1OC[C@H](O)N/N=C/c1cc(I)cc(OC)c1OCc1ccc(Cl)c(Cl)c1. The van der Waals surface area contributed by atoms with Gasteiger partial charge in [0.1, 0.15) is 13.2 Å². The molecule has 1 aliphatic rings. The summed E-state index contributed by atoms with van der Waals surface area (Å²) in [4.78, 5) is 24.7. The van der Waals surface area contributed by atoms with Crippen LogP contribution in [0, 0.1) is 3.57 Å². The summed E-state index contributed by atoms with van der Waals surface area (Å²) in [5.74, 6) is 1.05. The third-order valence-corrected chi connectivity index (χ3v) is 8.10. The number of urea groups is 1. The molecule has 0 fully saturated rings. The van der Waals surface area contributed by atoms with Crippen LogP contribution in [0.4, 0.5) is 4.79 Å². The lowest BCUT2D eigenvalue weighted by atomic mass is 9.95. The molecule has 1 aliphatic heterocycles. The van der Waals surface area contributed by atoms with Gasteiger partial charge in [-0.25, -0.2) is 9.59 Å². The molecule has 3 aromatic carbocycles. The molecule has 0 unspecified atom stereocenters. The third kappa shape index (κ3) is 9.34. The minimum atomic E-state index is -1.20. The largest absolute Gasteiger partial charge is 0.493 e. The van der Waals surface area contributed by atoms with Crippen LogP contribution in [0.15, 0.2) is 64.9 Å². The highest BCUT2D eigenvalue weighted by Crippen LogP contribution is 2.36. The monoisotopic (exact) mass is 798 g/mol. The van der Waals surface area contributed by atoms with E-state index in [-0.39, 0.29) is 18.8 Å². The van der Waals surface area contributed by atoms with E-state index in [9.17, 15) is 14.7 Å². The molecule has 15 heteroatoms. The van der Waals surface area contributed by atoms with Crippen molar-refractivity contribution in [2.75, 3.05) is 27.4 Å². The number of carbonyl (C=O) groups excluding carboxylic acids is 2. The highest BCUT2D eigenvalue weighted by molar-refractivity contribution is 14.1. The maximum absolute atomic E-state index is 12.5. The van der Waals surface area contributed by atoms with E-state index >= 15 is 0 Å². The molecule has 47 heavy (non-hydrogen) atoms. The molecule has 0 radical (unpaired) electrons. The summed E-state index contributed by atoms with van der Waals surface area (Å²) in [7, 11) is 2.81. The lowest BCUT2D eigenvalue weighted by Crippen LogP contribution is -2.45. The van der Waals surface area contributed by atoms with Crippen LogP contribution >= 0.6 is 45.8 Å². The van der Waals surface area contributed by atoms with Crippen molar-refractivity contribution in [3.05, 3.63) is 90.1 Å². The Kier molecular flexibility index (Phi) is 12.8. The van der Waals surface area contributed by atoms with Gasteiger partial charge in [0.2, 0.25) is 0 Å².